The molecule has 0 spiro atoms. The molecule has 4 heteroatoms. The van der Waals surface area contributed by atoms with E-state index >= 15 is 0 Å². The average molecular weight is 236 g/mol. The van der Waals surface area contributed by atoms with E-state index in [1.165, 1.54) is 0 Å². The van der Waals surface area contributed by atoms with Crippen LogP contribution in [0.5, 0.6) is 5.75 Å². The Hall–Kier alpha value is -1.55. The van der Waals surface area contributed by atoms with Crippen molar-refractivity contribution in [3.8, 4) is 5.75 Å². The quantitative estimate of drug-likeness (QED) is 0.831. The minimum atomic E-state index is -0.384. The highest BCUT2D eigenvalue weighted by atomic mass is 16.5. The molecule has 4 N–H and O–H groups in total. The lowest BCUT2D eigenvalue weighted by Gasteiger charge is -2.20. The third-order valence-corrected chi connectivity index (χ3v) is 3.12. The van der Waals surface area contributed by atoms with Crippen LogP contribution in [0.3, 0.4) is 0 Å². The van der Waals surface area contributed by atoms with Crippen molar-refractivity contribution in [3.05, 3.63) is 28.3 Å². The van der Waals surface area contributed by atoms with E-state index in [1.54, 1.807) is 7.11 Å². The van der Waals surface area contributed by atoms with Crippen molar-refractivity contribution < 1.29 is 9.53 Å². The molecule has 0 radical (unpaired) electrons. The number of methoxy groups -OCH3 is 1. The molecule has 1 amide bonds. The number of amides is 1. The van der Waals surface area contributed by atoms with Crippen LogP contribution in [0.4, 0.5) is 0 Å². The SMILES string of the molecule is COc1cc(C)c(C(N)CC(N)=O)c(C)c1C. The topological polar surface area (TPSA) is 78.3 Å². The summed E-state index contributed by atoms with van der Waals surface area (Å²) in [6.07, 6.45) is 0.160. The van der Waals surface area contributed by atoms with Crippen LogP contribution in [-0.2, 0) is 4.79 Å². The van der Waals surface area contributed by atoms with Crippen LogP contribution in [0.15, 0.2) is 6.07 Å². The maximum atomic E-state index is 10.9. The van der Waals surface area contributed by atoms with Crippen molar-refractivity contribution in [1.82, 2.24) is 0 Å². The summed E-state index contributed by atoms with van der Waals surface area (Å²) in [7, 11) is 1.64. The summed E-state index contributed by atoms with van der Waals surface area (Å²) in [5.41, 5.74) is 15.3. The largest absolute Gasteiger partial charge is 0.496 e. The zero-order chi connectivity index (χ0) is 13.2. The smallest absolute Gasteiger partial charge is 0.219 e. The Labute approximate surface area is 102 Å². The third kappa shape index (κ3) is 2.77. The van der Waals surface area contributed by atoms with E-state index in [2.05, 4.69) is 0 Å². The van der Waals surface area contributed by atoms with Crippen LogP contribution < -0.4 is 16.2 Å². The van der Waals surface area contributed by atoms with Crippen molar-refractivity contribution in [3.63, 3.8) is 0 Å². The lowest BCUT2D eigenvalue weighted by atomic mass is 9.91. The van der Waals surface area contributed by atoms with Crippen LogP contribution in [0, 0.1) is 20.8 Å². The van der Waals surface area contributed by atoms with Crippen LogP contribution in [-0.4, -0.2) is 13.0 Å². The number of ether oxygens (including phenoxy) is 1. The maximum absolute atomic E-state index is 10.9. The third-order valence-electron chi connectivity index (χ3n) is 3.12. The minimum absolute atomic E-state index is 0.160. The molecule has 17 heavy (non-hydrogen) atoms. The first-order chi connectivity index (χ1) is 7.88. The van der Waals surface area contributed by atoms with Gasteiger partial charge in [0.05, 0.1) is 7.11 Å². The van der Waals surface area contributed by atoms with E-state index in [9.17, 15) is 4.79 Å². The molecular weight excluding hydrogens is 216 g/mol. The van der Waals surface area contributed by atoms with Gasteiger partial charge in [-0.1, -0.05) is 0 Å². The number of carbonyl (C=O) groups is 1. The number of nitrogens with two attached hydrogens (primary N) is 2. The number of benzene rings is 1. The van der Waals surface area contributed by atoms with Gasteiger partial charge in [-0.05, 0) is 49.1 Å². The molecule has 0 heterocycles. The molecule has 94 valence electrons. The van der Waals surface area contributed by atoms with Crippen molar-refractivity contribution in [2.45, 2.75) is 33.2 Å². The van der Waals surface area contributed by atoms with Crippen LogP contribution in [0.25, 0.3) is 0 Å². The van der Waals surface area contributed by atoms with E-state index in [1.807, 2.05) is 26.8 Å². The molecule has 4 nitrogen and oxygen atoms in total. The van der Waals surface area contributed by atoms with Gasteiger partial charge in [0, 0.05) is 12.5 Å². The van der Waals surface area contributed by atoms with Crippen molar-refractivity contribution in [1.29, 1.82) is 0 Å². The highest BCUT2D eigenvalue weighted by Crippen LogP contribution is 2.31. The number of hydrogen-bond donors (Lipinski definition) is 2. The molecule has 1 aromatic carbocycles. The average Bonchev–Trinajstić information content (AvgIpc) is 2.22. The fourth-order valence-electron chi connectivity index (χ4n) is 2.17. The summed E-state index contributed by atoms with van der Waals surface area (Å²) in [6, 6.07) is 1.59. The van der Waals surface area contributed by atoms with Crippen LogP contribution >= 0.6 is 0 Å². The highest BCUT2D eigenvalue weighted by Gasteiger charge is 2.17. The maximum Gasteiger partial charge on any atom is 0.219 e. The van der Waals surface area contributed by atoms with Crippen molar-refractivity contribution >= 4 is 5.91 Å². The molecule has 0 bridgehead atoms. The molecule has 0 aliphatic carbocycles. The highest BCUT2D eigenvalue weighted by molar-refractivity contribution is 5.75. The zero-order valence-electron chi connectivity index (χ0n) is 10.8. The Kier molecular flexibility index (Phi) is 4.12. The molecular formula is C13H20N2O2. The van der Waals surface area contributed by atoms with Gasteiger partial charge in [0.1, 0.15) is 5.75 Å². The normalized spacial score (nSPS) is 12.3. The molecule has 1 atom stereocenters. The molecule has 1 unspecified atom stereocenters. The monoisotopic (exact) mass is 236 g/mol. The summed E-state index contributed by atoms with van der Waals surface area (Å²) in [5.74, 6) is 0.458. The fraction of sp³-hybridized carbons (Fsp3) is 0.462. The van der Waals surface area contributed by atoms with Gasteiger partial charge in [-0.3, -0.25) is 4.79 Å². The van der Waals surface area contributed by atoms with Gasteiger partial charge in [0.2, 0.25) is 5.91 Å². The Balaban J connectivity index is 3.25. The standard InChI is InChI=1S/C13H20N2O2/c1-7-5-11(17-4)8(2)9(3)13(7)10(14)6-12(15)16/h5,10H,6,14H2,1-4H3,(H2,15,16). The van der Waals surface area contributed by atoms with Gasteiger partial charge in [0.25, 0.3) is 0 Å². The predicted octanol–water partition coefficient (Wildman–Crippen LogP) is 1.50. The number of rotatable bonds is 4. The molecule has 1 aromatic rings. The lowest BCUT2D eigenvalue weighted by Crippen LogP contribution is -2.22. The molecule has 0 fully saturated rings. The molecule has 0 aliphatic rings. The first-order valence-electron chi connectivity index (χ1n) is 5.57. The summed E-state index contributed by atoms with van der Waals surface area (Å²) < 4.78 is 5.29. The Morgan fingerprint density at radius 1 is 1.35 bits per heavy atom. The Morgan fingerprint density at radius 3 is 2.41 bits per heavy atom. The second-order valence-corrected chi connectivity index (χ2v) is 4.34. The first kappa shape index (κ1) is 13.5. The van der Waals surface area contributed by atoms with E-state index in [0.29, 0.717) is 0 Å². The number of primary amides is 1. The molecule has 0 aliphatic heterocycles. The van der Waals surface area contributed by atoms with Crippen LogP contribution in [0.2, 0.25) is 0 Å². The summed E-state index contributed by atoms with van der Waals surface area (Å²) in [4.78, 5) is 10.9. The zero-order valence-corrected chi connectivity index (χ0v) is 10.8. The van der Waals surface area contributed by atoms with Gasteiger partial charge in [0.15, 0.2) is 0 Å². The second-order valence-electron chi connectivity index (χ2n) is 4.34. The lowest BCUT2D eigenvalue weighted by molar-refractivity contribution is -0.118. The fourth-order valence-corrected chi connectivity index (χ4v) is 2.17. The minimum Gasteiger partial charge on any atom is -0.496 e. The van der Waals surface area contributed by atoms with Crippen LogP contribution in [0.1, 0.15) is 34.7 Å². The second kappa shape index (κ2) is 5.19. The van der Waals surface area contributed by atoms with E-state index in [4.69, 9.17) is 16.2 Å². The Bertz CT molecular complexity index is 442. The van der Waals surface area contributed by atoms with Crippen molar-refractivity contribution in [2.75, 3.05) is 7.11 Å². The first-order valence-corrected chi connectivity index (χ1v) is 5.57. The summed E-state index contributed by atoms with van der Waals surface area (Å²) in [6.45, 7) is 5.93. The van der Waals surface area contributed by atoms with Gasteiger partial charge >= 0.3 is 0 Å². The number of carbonyl (C=O) groups excluding carboxylic acids is 1. The van der Waals surface area contributed by atoms with Gasteiger partial charge in [-0.15, -0.1) is 0 Å². The van der Waals surface area contributed by atoms with E-state index in [-0.39, 0.29) is 18.4 Å². The summed E-state index contributed by atoms with van der Waals surface area (Å²) in [5, 5.41) is 0. The van der Waals surface area contributed by atoms with Crippen molar-refractivity contribution in [2.24, 2.45) is 11.5 Å². The van der Waals surface area contributed by atoms with Gasteiger partial charge < -0.3 is 16.2 Å². The van der Waals surface area contributed by atoms with Gasteiger partial charge in [-0.25, -0.2) is 0 Å². The molecule has 0 saturated carbocycles. The molecule has 0 aromatic heterocycles. The predicted molar refractivity (Wildman–Crippen MR) is 67.9 cm³/mol. The molecule has 1 rings (SSSR count). The molecule has 0 saturated heterocycles. The Morgan fingerprint density at radius 2 is 1.94 bits per heavy atom. The van der Waals surface area contributed by atoms with E-state index < -0.39 is 0 Å². The van der Waals surface area contributed by atoms with E-state index in [0.717, 1.165) is 28.0 Å². The summed E-state index contributed by atoms with van der Waals surface area (Å²) >= 11 is 0. The van der Waals surface area contributed by atoms with Gasteiger partial charge in [-0.2, -0.15) is 0 Å². The number of hydrogen-bond acceptors (Lipinski definition) is 3. The number of aryl methyl sites for hydroxylation is 1.